The molecule has 0 bridgehead atoms. The van der Waals surface area contributed by atoms with Crippen molar-refractivity contribution in [2.45, 2.75) is 37.0 Å². The maximum atomic E-state index is 5.91. The molecule has 0 aliphatic carbocycles. The van der Waals surface area contributed by atoms with Crippen LogP contribution < -0.4 is 0 Å². The zero-order valence-corrected chi connectivity index (χ0v) is 17.3. The molecule has 0 aromatic carbocycles. The first-order chi connectivity index (χ1) is 10.7. The summed E-state index contributed by atoms with van der Waals surface area (Å²) in [6.45, 7) is 4.70. The number of hydrogen-bond acceptors (Lipinski definition) is 4. The first-order valence-electron chi connectivity index (χ1n) is 8.10. The number of aromatic nitrogens is 1. The Labute approximate surface area is 160 Å². The fourth-order valence-electron chi connectivity index (χ4n) is 2.85. The van der Waals surface area contributed by atoms with Crippen molar-refractivity contribution in [3.63, 3.8) is 0 Å². The molecule has 1 aromatic heterocycles. The van der Waals surface area contributed by atoms with Crippen LogP contribution >= 0.6 is 47.5 Å². The van der Waals surface area contributed by atoms with Gasteiger partial charge in [0.15, 0.2) is 0 Å². The fourth-order valence-corrected chi connectivity index (χ4v) is 5.43. The molecule has 0 radical (unpaired) electrons. The van der Waals surface area contributed by atoms with Crippen molar-refractivity contribution >= 4 is 47.5 Å². The Balaban J connectivity index is 0.00000264. The standard InChI is InChI=1S/C17H27ClN2S2.ClH/c1-14-16(11-18)19-7-6-17(14)22-10-4-9-21-13-15-5-3-8-20(2)12-15;/h6-7,15H,3-5,8-13H2,1-2H3;1H. The Bertz CT molecular complexity index is 460. The van der Waals surface area contributed by atoms with E-state index in [0.717, 1.165) is 11.6 Å². The summed E-state index contributed by atoms with van der Waals surface area (Å²) in [6, 6.07) is 2.11. The Hall–Kier alpha value is 0.390. The van der Waals surface area contributed by atoms with Gasteiger partial charge < -0.3 is 4.90 Å². The summed E-state index contributed by atoms with van der Waals surface area (Å²) in [5.41, 5.74) is 2.27. The number of halogens is 2. The average Bonchev–Trinajstić information content (AvgIpc) is 2.52. The highest BCUT2D eigenvalue weighted by Crippen LogP contribution is 2.26. The van der Waals surface area contributed by atoms with Crippen LogP contribution in [0, 0.1) is 12.8 Å². The molecule has 1 atom stereocenters. The van der Waals surface area contributed by atoms with Crippen LogP contribution in [-0.2, 0) is 5.88 Å². The molecule has 1 unspecified atom stereocenters. The predicted molar refractivity (Wildman–Crippen MR) is 109 cm³/mol. The molecular weight excluding hydrogens is 367 g/mol. The van der Waals surface area contributed by atoms with Gasteiger partial charge in [0.1, 0.15) is 0 Å². The van der Waals surface area contributed by atoms with E-state index in [1.807, 2.05) is 18.0 Å². The Kier molecular flexibility index (Phi) is 11.1. The predicted octanol–water partition coefficient (Wildman–Crippen LogP) is 5.11. The topological polar surface area (TPSA) is 16.1 Å². The molecule has 1 fully saturated rings. The van der Waals surface area contributed by atoms with Gasteiger partial charge in [-0.3, -0.25) is 4.98 Å². The van der Waals surface area contributed by atoms with E-state index in [1.54, 1.807) is 0 Å². The minimum atomic E-state index is 0. The van der Waals surface area contributed by atoms with Crippen LogP contribution in [0.4, 0.5) is 0 Å². The molecule has 2 rings (SSSR count). The summed E-state index contributed by atoms with van der Waals surface area (Å²) in [6.07, 6.45) is 5.95. The Morgan fingerprint density at radius 2 is 2.22 bits per heavy atom. The maximum absolute atomic E-state index is 5.91. The summed E-state index contributed by atoms with van der Waals surface area (Å²) in [7, 11) is 2.25. The molecule has 0 spiro atoms. The lowest BCUT2D eigenvalue weighted by molar-refractivity contribution is 0.224. The van der Waals surface area contributed by atoms with Crippen LogP contribution in [0.5, 0.6) is 0 Å². The van der Waals surface area contributed by atoms with Crippen molar-refractivity contribution in [2.24, 2.45) is 5.92 Å². The second kappa shape index (κ2) is 11.9. The van der Waals surface area contributed by atoms with Gasteiger partial charge in [-0.1, -0.05) is 0 Å². The lowest BCUT2D eigenvalue weighted by Crippen LogP contribution is -2.33. The van der Waals surface area contributed by atoms with Crippen molar-refractivity contribution in [1.29, 1.82) is 0 Å². The summed E-state index contributed by atoms with van der Waals surface area (Å²) in [5.74, 6) is 5.21. The van der Waals surface area contributed by atoms with Gasteiger partial charge in [-0.15, -0.1) is 35.8 Å². The molecule has 2 heterocycles. The SMILES string of the molecule is Cc1c(SCCCSCC2CCCN(C)C2)ccnc1CCl.Cl. The highest BCUT2D eigenvalue weighted by atomic mass is 35.5. The number of piperidine rings is 1. The summed E-state index contributed by atoms with van der Waals surface area (Å²) in [4.78, 5) is 8.13. The van der Waals surface area contributed by atoms with Crippen molar-refractivity contribution in [1.82, 2.24) is 9.88 Å². The van der Waals surface area contributed by atoms with Crippen LogP contribution in [0.3, 0.4) is 0 Å². The first kappa shape index (κ1) is 21.4. The van der Waals surface area contributed by atoms with Gasteiger partial charge >= 0.3 is 0 Å². The zero-order chi connectivity index (χ0) is 15.8. The van der Waals surface area contributed by atoms with Crippen molar-refractivity contribution in [3.05, 3.63) is 23.5 Å². The first-order valence-corrected chi connectivity index (χ1v) is 10.8. The van der Waals surface area contributed by atoms with Crippen molar-refractivity contribution in [3.8, 4) is 0 Å². The molecule has 1 aliphatic heterocycles. The third-order valence-electron chi connectivity index (χ3n) is 4.15. The van der Waals surface area contributed by atoms with E-state index >= 15 is 0 Å². The molecule has 2 nitrogen and oxygen atoms in total. The minimum Gasteiger partial charge on any atom is -0.306 e. The van der Waals surface area contributed by atoms with Gasteiger partial charge in [0.2, 0.25) is 0 Å². The van der Waals surface area contributed by atoms with E-state index in [-0.39, 0.29) is 12.4 Å². The van der Waals surface area contributed by atoms with E-state index in [9.17, 15) is 0 Å². The number of thioether (sulfide) groups is 2. The third-order valence-corrected chi connectivity index (χ3v) is 6.94. The molecule has 6 heteroatoms. The van der Waals surface area contributed by atoms with Crippen LogP contribution in [0.2, 0.25) is 0 Å². The monoisotopic (exact) mass is 394 g/mol. The third kappa shape index (κ3) is 7.43. The van der Waals surface area contributed by atoms with Gasteiger partial charge in [0.05, 0.1) is 11.6 Å². The Morgan fingerprint density at radius 3 is 2.96 bits per heavy atom. The second-order valence-electron chi connectivity index (χ2n) is 6.06. The molecule has 0 amide bonds. The number of pyridine rings is 1. The zero-order valence-electron chi connectivity index (χ0n) is 14.1. The summed E-state index contributed by atoms with van der Waals surface area (Å²) < 4.78 is 0. The maximum Gasteiger partial charge on any atom is 0.0650 e. The average molecular weight is 395 g/mol. The second-order valence-corrected chi connectivity index (χ2v) is 8.62. The van der Waals surface area contributed by atoms with Crippen LogP contribution in [0.25, 0.3) is 0 Å². The Morgan fingerprint density at radius 1 is 1.39 bits per heavy atom. The fraction of sp³-hybridized carbons (Fsp3) is 0.706. The lowest BCUT2D eigenvalue weighted by atomic mass is 10.0. The molecule has 132 valence electrons. The van der Waals surface area contributed by atoms with E-state index < -0.39 is 0 Å². The number of alkyl halides is 1. The highest BCUT2D eigenvalue weighted by molar-refractivity contribution is 8.00. The van der Waals surface area contributed by atoms with E-state index in [4.69, 9.17) is 11.6 Å². The number of hydrogen-bond donors (Lipinski definition) is 0. The highest BCUT2D eigenvalue weighted by Gasteiger charge is 2.16. The van der Waals surface area contributed by atoms with E-state index in [0.29, 0.717) is 5.88 Å². The molecule has 1 aliphatic rings. The summed E-state index contributed by atoms with van der Waals surface area (Å²) in [5, 5.41) is 0. The van der Waals surface area contributed by atoms with Crippen molar-refractivity contribution in [2.75, 3.05) is 37.4 Å². The van der Waals surface area contributed by atoms with Crippen LogP contribution in [0.1, 0.15) is 30.5 Å². The van der Waals surface area contributed by atoms with Gasteiger partial charge in [-0.2, -0.15) is 11.8 Å². The van der Waals surface area contributed by atoms with Crippen LogP contribution in [-0.4, -0.2) is 47.3 Å². The van der Waals surface area contributed by atoms with Crippen LogP contribution in [0.15, 0.2) is 17.2 Å². The number of likely N-dealkylation sites (tertiary alicyclic amines) is 1. The molecule has 23 heavy (non-hydrogen) atoms. The molecule has 1 saturated heterocycles. The number of nitrogens with zero attached hydrogens (tertiary/aromatic N) is 2. The van der Waals surface area contributed by atoms with Crippen molar-refractivity contribution < 1.29 is 0 Å². The molecule has 1 aromatic rings. The van der Waals surface area contributed by atoms with E-state index in [1.165, 1.54) is 60.1 Å². The largest absolute Gasteiger partial charge is 0.306 e. The minimum absolute atomic E-state index is 0. The summed E-state index contributed by atoms with van der Waals surface area (Å²) >= 11 is 9.99. The molecule has 0 saturated carbocycles. The van der Waals surface area contributed by atoms with Gasteiger partial charge in [0.25, 0.3) is 0 Å². The normalized spacial score (nSPS) is 18.7. The van der Waals surface area contributed by atoms with Gasteiger partial charge in [0, 0.05) is 17.6 Å². The quantitative estimate of drug-likeness (QED) is 0.345. The number of rotatable bonds is 8. The smallest absolute Gasteiger partial charge is 0.0650 e. The van der Waals surface area contributed by atoms with Gasteiger partial charge in [-0.05, 0) is 74.6 Å². The lowest BCUT2D eigenvalue weighted by Gasteiger charge is -2.29. The van der Waals surface area contributed by atoms with Gasteiger partial charge in [-0.25, -0.2) is 0 Å². The molecular formula is C17H28Cl2N2S2. The molecule has 0 N–H and O–H groups in total. The van der Waals surface area contributed by atoms with E-state index in [2.05, 4.69) is 41.7 Å².